The second-order valence-electron chi connectivity index (χ2n) is 5.99. The van der Waals surface area contributed by atoms with Crippen molar-refractivity contribution in [1.29, 1.82) is 0 Å². The zero-order valence-corrected chi connectivity index (χ0v) is 16.1. The molecule has 28 heavy (non-hydrogen) atoms. The number of urea groups is 1. The minimum atomic E-state index is -0.473. The molecule has 150 valence electrons. The monoisotopic (exact) mass is 387 g/mol. The number of hydrogen-bond acceptors (Lipinski definition) is 6. The summed E-state index contributed by atoms with van der Waals surface area (Å²) in [5, 5.41) is 16.1. The number of carbonyl (C=O) groups is 1. The van der Waals surface area contributed by atoms with Gasteiger partial charge in [-0.2, -0.15) is 0 Å². The van der Waals surface area contributed by atoms with Crippen LogP contribution in [0.5, 0.6) is 11.5 Å². The maximum atomic E-state index is 12.0. The van der Waals surface area contributed by atoms with Crippen molar-refractivity contribution >= 4 is 17.5 Å². The van der Waals surface area contributed by atoms with Gasteiger partial charge in [-0.1, -0.05) is 13.8 Å². The Bertz CT molecular complexity index is 778. The number of benzene rings is 1. The normalized spacial score (nSPS) is 10.5. The van der Waals surface area contributed by atoms with Gasteiger partial charge in [-0.15, -0.1) is 0 Å². The molecule has 1 aromatic carbocycles. The quantitative estimate of drug-likeness (QED) is 0.366. The van der Waals surface area contributed by atoms with Gasteiger partial charge in [-0.3, -0.25) is 15.4 Å². The van der Waals surface area contributed by atoms with E-state index in [4.69, 9.17) is 4.74 Å². The molecule has 9 heteroatoms. The van der Waals surface area contributed by atoms with Crippen molar-refractivity contribution < 1.29 is 14.5 Å². The molecule has 2 rings (SSSR count). The molecule has 0 bridgehead atoms. The molecule has 0 aliphatic rings. The first-order valence-corrected chi connectivity index (χ1v) is 9.17. The Morgan fingerprint density at radius 2 is 1.89 bits per heavy atom. The van der Waals surface area contributed by atoms with E-state index in [9.17, 15) is 14.9 Å². The summed E-state index contributed by atoms with van der Waals surface area (Å²) in [5.41, 5.74) is -0.0119. The van der Waals surface area contributed by atoms with Gasteiger partial charge in [-0.05, 0) is 44.3 Å². The van der Waals surface area contributed by atoms with E-state index in [-0.39, 0.29) is 11.7 Å². The second-order valence-corrected chi connectivity index (χ2v) is 5.99. The van der Waals surface area contributed by atoms with Crippen LogP contribution >= 0.6 is 0 Å². The topological polar surface area (TPSA) is 110 Å². The summed E-state index contributed by atoms with van der Waals surface area (Å²) < 4.78 is 5.65. The summed E-state index contributed by atoms with van der Waals surface area (Å²) in [4.78, 5) is 28.6. The van der Waals surface area contributed by atoms with E-state index in [2.05, 4.69) is 34.4 Å². The summed E-state index contributed by atoms with van der Waals surface area (Å²) in [6.45, 7) is 7.72. The van der Waals surface area contributed by atoms with Gasteiger partial charge in [0, 0.05) is 30.9 Å². The lowest BCUT2D eigenvalue weighted by atomic mass is 10.3. The summed E-state index contributed by atoms with van der Waals surface area (Å²) in [5.74, 6) is 1.25. The number of carbonyl (C=O) groups excluding carboxylic acids is 1. The van der Waals surface area contributed by atoms with Crippen LogP contribution in [0.2, 0.25) is 0 Å². The molecular formula is C19H25N5O4. The Morgan fingerprint density at radius 1 is 1.18 bits per heavy atom. The summed E-state index contributed by atoms with van der Waals surface area (Å²) in [6.07, 6.45) is 2.38. The number of nitro benzene ring substituents is 1. The largest absolute Gasteiger partial charge is 0.457 e. The van der Waals surface area contributed by atoms with Gasteiger partial charge < -0.3 is 15.0 Å². The lowest BCUT2D eigenvalue weighted by Gasteiger charge is -2.17. The average Bonchev–Trinajstić information content (AvgIpc) is 2.69. The van der Waals surface area contributed by atoms with Crippen molar-refractivity contribution in [2.24, 2.45) is 0 Å². The molecule has 0 aliphatic carbocycles. The summed E-state index contributed by atoms with van der Waals surface area (Å²) in [6, 6.07) is 8.62. The van der Waals surface area contributed by atoms with E-state index in [0.717, 1.165) is 26.1 Å². The summed E-state index contributed by atoms with van der Waals surface area (Å²) in [7, 11) is 0. The molecule has 0 unspecified atom stereocenters. The summed E-state index contributed by atoms with van der Waals surface area (Å²) >= 11 is 0. The van der Waals surface area contributed by atoms with Crippen LogP contribution in [0.15, 0.2) is 42.6 Å². The van der Waals surface area contributed by atoms with Crippen LogP contribution in [0.3, 0.4) is 0 Å². The first kappa shape index (κ1) is 21.1. The SMILES string of the molecule is CCN(CC)CCCNC(=O)Nc1cc(Oc2ccc([N+](=O)[O-])cc2)ccn1. The number of ether oxygens (including phenoxy) is 1. The number of aromatic nitrogens is 1. The average molecular weight is 387 g/mol. The number of amides is 2. The van der Waals surface area contributed by atoms with E-state index in [1.54, 1.807) is 12.1 Å². The third-order valence-electron chi connectivity index (χ3n) is 4.09. The fraction of sp³-hybridized carbons (Fsp3) is 0.368. The van der Waals surface area contributed by atoms with E-state index >= 15 is 0 Å². The lowest BCUT2D eigenvalue weighted by Crippen LogP contribution is -2.32. The number of rotatable bonds is 10. The molecule has 9 nitrogen and oxygen atoms in total. The van der Waals surface area contributed by atoms with Crippen LogP contribution in [0.1, 0.15) is 20.3 Å². The molecule has 0 saturated heterocycles. The molecule has 0 saturated carbocycles. The van der Waals surface area contributed by atoms with Crippen LogP contribution in [-0.2, 0) is 0 Å². The van der Waals surface area contributed by atoms with Crippen molar-refractivity contribution in [3.05, 3.63) is 52.7 Å². The maximum Gasteiger partial charge on any atom is 0.320 e. The van der Waals surface area contributed by atoms with Gasteiger partial charge in [0.2, 0.25) is 0 Å². The Kier molecular flexibility index (Phi) is 8.16. The number of nitrogens with one attached hydrogen (secondary N) is 2. The Hall–Kier alpha value is -3.20. The van der Waals surface area contributed by atoms with Gasteiger partial charge in [0.05, 0.1) is 4.92 Å². The third-order valence-corrected chi connectivity index (χ3v) is 4.09. The number of anilines is 1. The molecule has 2 N–H and O–H groups in total. The number of non-ortho nitro benzene ring substituents is 1. The smallest absolute Gasteiger partial charge is 0.320 e. The first-order valence-electron chi connectivity index (χ1n) is 9.17. The van der Waals surface area contributed by atoms with E-state index in [0.29, 0.717) is 23.9 Å². The fourth-order valence-electron chi connectivity index (χ4n) is 2.52. The standard InChI is InChI=1S/C19H25N5O4/c1-3-23(4-2)13-5-11-21-19(25)22-18-14-17(10-12-20-18)28-16-8-6-15(7-9-16)24(26)27/h6-10,12,14H,3-5,11,13H2,1-2H3,(H2,20,21,22,25). The highest BCUT2D eigenvalue weighted by Crippen LogP contribution is 2.24. The second kappa shape index (κ2) is 10.8. The van der Waals surface area contributed by atoms with Crippen LogP contribution in [0.4, 0.5) is 16.3 Å². The van der Waals surface area contributed by atoms with E-state index < -0.39 is 4.92 Å². The number of nitro groups is 1. The van der Waals surface area contributed by atoms with Gasteiger partial charge in [0.25, 0.3) is 5.69 Å². The van der Waals surface area contributed by atoms with Crippen molar-refractivity contribution in [3.63, 3.8) is 0 Å². The van der Waals surface area contributed by atoms with Crippen LogP contribution in [0.25, 0.3) is 0 Å². The van der Waals surface area contributed by atoms with Crippen LogP contribution in [0, 0.1) is 10.1 Å². The van der Waals surface area contributed by atoms with E-state index in [1.165, 1.54) is 30.5 Å². The van der Waals surface area contributed by atoms with E-state index in [1.807, 2.05) is 0 Å². The minimum absolute atomic E-state index is 0.0119. The molecule has 1 aromatic heterocycles. The van der Waals surface area contributed by atoms with Gasteiger partial charge >= 0.3 is 6.03 Å². The third kappa shape index (κ3) is 6.84. The Balaban J connectivity index is 1.83. The predicted octanol–water partition coefficient (Wildman–Crippen LogP) is 3.64. The molecule has 2 amide bonds. The highest BCUT2D eigenvalue weighted by atomic mass is 16.6. The molecule has 0 spiro atoms. The van der Waals surface area contributed by atoms with Gasteiger partial charge in [-0.25, -0.2) is 9.78 Å². The van der Waals surface area contributed by atoms with Gasteiger partial charge in [0.1, 0.15) is 17.3 Å². The minimum Gasteiger partial charge on any atom is -0.457 e. The van der Waals surface area contributed by atoms with Crippen LogP contribution < -0.4 is 15.4 Å². The highest BCUT2D eigenvalue weighted by molar-refractivity contribution is 5.88. The Morgan fingerprint density at radius 3 is 2.54 bits per heavy atom. The number of pyridine rings is 1. The highest BCUT2D eigenvalue weighted by Gasteiger charge is 2.07. The molecule has 0 radical (unpaired) electrons. The molecule has 0 aliphatic heterocycles. The molecule has 0 atom stereocenters. The Labute approximate surface area is 163 Å². The maximum absolute atomic E-state index is 12.0. The zero-order chi connectivity index (χ0) is 20.4. The van der Waals surface area contributed by atoms with Crippen molar-refractivity contribution in [2.75, 3.05) is 31.5 Å². The fourth-order valence-corrected chi connectivity index (χ4v) is 2.52. The predicted molar refractivity (Wildman–Crippen MR) is 107 cm³/mol. The molecule has 1 heterocycles. The first-order chi connectivity index (χ1) is 13.5. The lowest BCUT2D eigenvalue weighted by molar-refractivity contribution is -0.384. The molecule has 2 aromatic rings. The number of nitrogens with zero attached hydrogens (tertiary/aromatic N) is 3. The van der Waals surface area contributed by atoms with Crippen LogP contribution in [-0.4, -0.2) is 47.0 Å². The van der Waals surface area contributed by atoms with Crippen molar-refractivity contribution in [2.45, 2.75) is 20.3 Å². The zero-order valence-electron chi connectivity index (χ0n) is 16.1. The molecular weight excluding hydrogens is 362 g/mol. The molecule has 0 fully saturated rings. The number of hydrogen-bond donors (Lipinski definition) is 2. The van der Waals surface area contributed by atoms with Gasteiger partial charge in [0.15, 0.2) is 0 Å². The van der Waals surface area contributed by atoms with Crippen molar-refractivity contribution in [1.82, 2.24) is 15.2 Å². The van der Waals surface area contributed by atoms with Crippen molar-refractivity contribution in [3.8, 4) is 11.5 Å².